The molecule has 6 heteroatoms. The molecule has 4 atom stereocenters. The summed E-state index contributed by atoms with van der Waals surface area (Å²) < 4.78 is 24.6. The van der Waals surface area contributed by atoms with Gasteiger partial charge in [-0.25, -0.2) is 4.39 Å². The molecule has 0 aromatic heterocycles. The van der Waals surface area contributed by atoms with Gasteiger partial charge in [-0.15, -0.1) is 0 Å². The van der Waals surface area contributed by atoms with E-state index in [0.29, 0.717) is 19.6 Å². The number of ether oxygens (including phenoxy) is 2. The van der Waals surface area contributed by atoms with Crippen LogP contribution in [0.15, 0.2) is 48.5 Å². The molecule has 0 saturated carbocycles. The van der Waals surface area contributed by atoms with Crippen LogP contribution in [0.25, 0.3) is 0 Å². The Bertz CT molecular complexity index is 842. The van der Waals surface area contributed by atoms with E-state index in [-0.39, 0.29) is 29.9 Å². The molecule has 1 amide bonds. The zero-order valence-electron chi connectivity index (χ0n) is 15.9. The van der Waals surface area contributed by atoms with Crippen LogP contribution in [0.3, 0.4) is 0 Å². The summed E-state index contributed by atoms with van der Waals surface area (Å²) in [4.78, 5) is 15.2. The SMILES string of the molecule is CO[C@H]1CO[C@@H](C(=O)N2CCc3ccccc3[C@@H]2c2ccc(F)cc2)C[C@H]1N. The molecule has 0 radical (unpaired) electrons. The lowest BCUT2D eigenvalue weighted by molar-refractivity contribution is -0.156. The third kappa shape index (κ3) is 3.55. The van der Waals surface area contributed by atoms with E-state index >= 15 is 0 Å². The number of nitrogens with two attached hydrogens (primary N) is 1. The maximum absolute atomic E-state index is 13.5. The lowest BCUT2D eigenvalue weighted by atomic mass is 9.87. The summed E-state index contributed by atoms with van der Waals surface area (Å²) >= 11 is 0. The standard InChI is InChI=1S/C22H25FN2O3/c1-27-20-13-28-19(12-18(20)24)22(26)25-11-10-14-4-2-3-5-17(14)21(25)15-6-8-16(23)9-7-15/h2-9,18-21H,10-13,24H2,1H3/t18-,19-,20+,21+/m1/s1. The van der Waals surface area contributed by atoms with Crippen molar-refractivity contribution in [2.24, 2.45) is 5.73 Å². The quantitative estimate of drug-likeness (QED) is 0.883. The Balaban J connectivity index is 1.65. The monoisotopic (exact) mass is 384 g/mol. The maximum Gasteiger partial charge on any atom is 0.252 e. The molecule has 4 rings (SSSR count). The maximum atomic E-state index is 13.5. The van der Waals surface area contributed by atoms with E-state index in [9.17, 15) is 9.18 Å². The highest BCUT2D eigenvalue weighted by atomic mass is 19.1. The van der Waals surface area contributed by atoms with E-state index < -0.39 is 6.10 Å². The van der Waals surface area contributed by atoms with Crippen molar-refractivity contribution in [2.75, 3.05) is 20.3 Å². The van der Waals surface area contributed by atoms with Crippen molar-refractivity contribution in [1.29, 1.82) is 0 Å². The number of rotatable bonds is 3. The van der Waals surface area contributed by atoms with Crippen molar-refractivity contribution in [3.8, 4) is 0 Å². The molecule has 1 saturated heterocycles. The molecule has 0 aliphatic carbocycles. The summed E-state index contributed by atoms with van der Waals surface area (Å²) in [5.41, 5.74) is 9.34. The Morgan fingerprint density at radius 2 is 1.96 bits per heavy atom. The molecule has 0 bridgehead atoms. The van der Waals surface area contributed by atoms with Gasteiger partial charge in [0.2, 0.25) is 0 Å². The van der Waals surface area contributed by atoms with Gasteiger partial charge >= 0.3 is 0 Å². The second kappa shape index (κ2) is 7.99. The lowest BCUT2D eigenvalue weighted by Crippen LogP contribution is -2.54. The average molecular weight is 384 g/mol. The summed E-state index contributed by atoms with van der Waals surface area (Å²) in [5, 5.41) is 0. The van der Waals surface area contributed by atoms with Crippen LogP contribution < -0.4 is 5.73 Å². The van der Waals surface area contributed by atoms with E-state index in [1.165, 1.54) is 17.7 Å². The van der Waals surface area contributed by atoms with Crippen LogP contribution in [-0.4, -0.2) is 49.3 Å². The van der Waals surface area contributed by atoms with Crippen LogP contribution in [0.4, 0.5) is 4.39 Å². The van der Waals surface area contributed by atoms with Gasteiger partial charge in [0.1, 0.15) is 11.9 Å². The fourth-order valence-electron chi connectivity index (χ4n) is 4.21. The van der Waals surface area contributed by atoms with Gasteiger partial charge in [0, 0.05) is 26.1 Å². The number of fused-ring (bicyclic) bond motifs is 1. The highest BCUT2D eigenvalue weighted by Crippen LogP contribution is 2.36. The summed E-state index contributed by atoms with van der Waals surface area (Å²) in [7, 11) is 1.60. The topological polar surface area (TPSA) is 64.8 Å². The minimum atomic E-state index is -0.588. The number of carbonyl (C=O) groups is 1. The van der Waals surface area contributed by atoms with Crippen molar-refractivity contribution < 1.29 is 18.7 Å². The zero-order valence-corrected chi connectivity index (χ0v) is 15.9. The molecule has 148 valence electrons. The lowest BCUT2D eigenvalue weighted by Gasteiger charge is -2.41. The summed E-state index contributed by atoms with van der Waals surface area (Å²) in [6.07, 6.45) is 0.415. The minimum Gasteiger partial charge on any atom is -0.377 e. The Morgan fingerprint density at radius 1 is 1.21 bits per heavy atom. The first kappa shape index (κ1) is 19.1. The van der Waals surface area contributed by atoms with E-state index in [2.05, 4.69) is 6.07 Å². The molecule has 2 aromatic rings. The van der Waals surface area contributed by atoms with Crippen molar-refractivity contribution >= 4 is 5.91 Å². The first-order valence-electron chi connectivity index (χ1n) is 9.62. The van der Waals surface area contributed by atoms with Crippen molar-refractivity contribution in [2.45, 2.75) is 37.1 Å². The number of methoxy groups -OCH3 is 1. The molecule has 1 fully saturated rings. The smallest absolute Gasteiger partial charge is 0.252 e. The molecule has 0 unspecified atom stereocenters. The van der Waals surface area contributed by atoms with Crippen LogP contribution >= 0.6 is 0 Å². The first-order chi connectivity index (χ1) is 13.6. The molecule has 2 aromatic carbocycles. The molecular formula is C22H25FN2O3. The van der Waals surface area contributed by atoms with Gasteiger partial charge in [-0.2, -0.15) is 0 Å². The predicted molar refractivity (Wildman–Crippen MR) is 103 cm³/mol. The predicted octanol–water partition coefficient (Wildman–Crippen LogP) is 2.43. The number of amides is 1. The van der Waals surface area contributed by atoms with Gasteiger partial charge in [0.25, 0.3) is 5.91 Å². The Hall–Kier alpha value is -2.28. The summed E-state index contributed by atoms with van der Waals surface area (Å²) in [6, 6.07) is 14.0. The number of benzene rings is 2. The fraction of sp³-hybridized carbons (Fsp3) is 0.409. The van der Waals surface area contributed by atoms with Gasteiger partial charge in [-0.3, -0.25) is 4.79 Å². The van der Waals surface area contributed by atoms with Crippen molar-refractivity contribution in [3.63, 3.8) is 0 Å². The largest absolute Gasteiger partial charge is 0.377 e. The van der Waals surface area contributed by atoms with Gasteiger partial charge in [-0.05, 0) is 35.2 Å². The van der Waals surface area contributed by atoms with Crippen molar-refractivity contribution in [3.05, 3.63) is 71.0 Å². The molecule has 0 spiro atoms. The Labute approximate surface area is 164 Å². The zero-order chi connectivity index (χ0) is 19.7. The average Bonchev–Trinajstić information content (AvgIpc) is 2.73. The van der Waals surface area contributed by atoms with Crippen LogP contribution in [0.5, 0.6) is 0 Å². The number of nitrogens with zero attached hydrogens (tertiary/aromatic N) is 1. The van der Waals surface area contributed by atoms with Crippen LogP contribution in [-0.2, 0) is 20.7 Å². The van der Waals surface area contributed by atoms with Gasteiger partial charge in [-0.1, -0.05) is 36.4 Å². The second-order valence-electron chi connectivity index (χ2n) is 7.43. The number of hydrogen-bond donors (Lipinski definition) is 1. The third-order valence-electron chi connectivity index (χ3n) is 5.76. The first-order valence-corrected chi connectivity index (χ1v) is 9.62. The van der Waals surface area contributed by atoms with Crippen molar-refractivity contribution in [1.82, 2.24) is 4.90 Å². The Morgan fingerprint density at radius 3 is 2.68 bits per heavy atom. The summed E-state index contributed by atoms with van der Waals surface area (Å²) in [6.45, 7) is 0.889. The van der Waals surface area contributed by atoms with Crippen LogP contribution in [0.2, 0.25) is 0 Å². The molecule has 28 heavy (non-hydrogen) atoms. The fourth-order valence-corrected chi connectivity index (χ4v) is 4.21. The molecular weight excluding hydrogens is 359 g/mol. The summed E-state index contributed by atoms with van der Waals surface area (Å²) in [5.74, 6) is -0.369. The third-order valence-corrected chi connectivity index (χ3v) is 5.76. The van der Waals surface area contributed by atoms with Crippen LogP contribution in [0, 0.1) is 5.82 Å². The van der Waals surface area contributed by atoms with E-state index in [4.69, 9.17) is 15.2 Å². The molecule has 2 aliphatic rings. The minimum absolute atomic E-state index is 0.0752. The van der Waals surface area contributed by atoms with Gasteiger partial charge in [0.05, 0.1) is 18.8 Å². The second-order valence-corrected chi connectivity index (χ2v) is 7.43. The molecule has 5 nitrogen and oxygen atoms in total. The van der Waals surface area contributed by atoms with E-state index in [1.807, 2.05) is 23.1 Å². The molecule has 2 heterocycles. The normalized spacial score (nSPS) is 27.3. The van der Waals surface area contributed by atoms with E-state index in [0.717, 1.165) is 17.5 Å². The van der Waals surface area contributed by atoms with Gasteiger partial charge in [0.15, 0.2) is 0 Å². The number of carbonyl (C=O) groups excluding carboxylic acids is 1. The highest BCUT2D eigenvalue weighted by molar-refractivity contribution is 5.82. The highest BCUT2D eigenvalue weighted by Gasteiger charge is 2.39. The molecule has 2 aliphatic heterocycles. The number of halogens is 1. The number of hydrogen-bond acceptors (Lipinski definition) is 4. The van der Waals surface area contributed by atoms with Gasteiger partial charge < -0.3 is 20.1 Å². The van der Waals surface area contributed by atoms with E-state index in [1.54, 1.807) is 19.2 Å². The van der Waals surface area contributed by atoms with Crippen LogP contribution in [0.1, 0.15) is 29.2 Å². The Kier molecular flexibility index (Phi) is 5.44. The molecule has 2 N–H and O–H groups in total.